The number of carbonyl (C=O) groups is 1. The Labute approximate surface area is 146 Å². The maximum atomic E-state index is 12.8. The molecule has 3 rings (SSSR count). The molecule has 128 valence electrons. The second-order valence-corrected chi connectivity index (χ2v) is 6.61. The van der Waals surface area contributed by atoms with Gasteiger partial charge >= 0.3 is 0 Å². The number of rotatable bonds is 4. The second kappa shape index (κ2) is 7.30. The van der Waals surface area contributed by atoms with E-state index in [0.29, 0.717) is 17.3 Å². The molecule has 1 aliphatic rings. The molecule has 24 heavy (non-hydrogen) atoms. The Kier molecular flexibility index (Phi) is 5.14. The monoisotopic (exact) mass is 347 g/mol. The molecule has 0 saturated carbocycles. The minimum atomic E-state index is -0.0923. The van der Waals surface area contributed by atoms with Gasteiger partial charge in [-0.3, -0.25) is 9.48 Å². The maximum Gasteiger partial charge on any atom is 0.275 e. The summed E-state index contributed by atoms with van der Waals surface area (Å²) in [5, 5.41) is 4.78. The molecule has 0 aromatic carbocycles. The zero-order valence-corrected chi connectivity index (χ0v) is 14.8. The van der Waals surface area contributed by atoms with Crippen LogP contribution >= 0.6 is 11.6 Å². The molecule has 1 atom stereocenters. The number of amides is 1. The number of aromatic nitrogens is 4. The number of halogens is 1. The van der Waals surface area contributed by atoms with Gasteiger partial charge in [0.15, 0.2) is 5.69 Å². The average molecular weight is 348 g/mol. The Bertz CT molecular complexity index is 730. The molecule has 0 N–H and O–H groups in total. The lowest BCUT2D eigenvalue weighted by molar-refractivity contribution is 0.0699. The van der Waals surface area contributed by atoms with Crippen molar-refractivity contribution in [3.63, 3.8) is 0 Å². The molecule has 2 aromatic heterocycles. The Morgan fingerprint density at radius 1 is 1.46 bits per heavy atom. The zero-order valence-electron chi connectivity index (χ0n) is 14.1. The van der Waals surface area contributed by atoms with Crippen molar-refractivity contribution in [2.45, 2.75) is 45.6 Å². The second-order valence-electron chi connectivity index (χ2n) is 6.21. The van der Waals surface area contributed by atoms with Gasteiger partial charge in [-0.1, -0.05) is 18.5 Å². The van der Waals surface area contributed by atoms with Gasteiger partial charge in [0, 0.05) is 43.6 Å². The van der Waals surface area contributed by atoms with Crippen LogP contribution in [0, 0.1) is 6.92 Å². The van der Waals surface area contributed by atoms with Gasteiger partial charge in [-0.2, -0.15) is 5.10 Å². The summed E-state index contributed by atoms with van der Waals surface area (Å²) in [6.07, 6.45) is 6.44. The fraction of sp³-hybridized carbons (Fsp3) is 0.529. The van der Waals surface area contributed by atoms with Crippen LogP contribution in [0.4, 0.5) is 0 Å². The predicted molar refractivity (Wildman–Crippen MR) is 92.2 cm³/mol. The van der Waals surface area contributed by atoms with Crippen molar-refractivity contribution in [3.8, 4) is 0 Å². The lowest BCUT2D eigenvalue weighted by Gasteiger charge is -2.32. The maximum absolute atomic E-state index is 12.8. The number of hydrogen-bond acceptors (Lipinski definition) is 4. The summed E-state index contributed by atoms with van der Waals surface area (Å²) in [7, 11) is 0. The molecule has 0 bridgehead atoms. The van der Waals surface area contributed by atoms with Crippen molar-refractivity contribution < 1.29 is 4.79 Å². The third-order valence-corrected chi connectivity index (χ3v) is 4.57. The Morgan fingerprint density at radius 2 is 2.29 bits per heavy atom. The van der Waals surface area contributed by atoms with Crippen LogP contribution in [0.2, 0.25) is 5.02 Å². The lowest BCUT2D eigenvalue weighted by Crippen LogP contribution is -2.39. The number of piperidine rings is 1. The first-order chi connectivity index (χ1) is 11.6. The largest absolute Gasteiger partial charge is 0.337 e. The van der Waals surface area contributed by atoms with Gasteiger partial charge in [-0.25, -0.2) is 9.97 Å². The van der Waals surface area contributed by atoms with Gasteiger partial charge in [0.25, 0.3) is 5.91 Å². The Balaban J connectivity index is 1.75. The van der Waals surface area contributed by atoms with E-state index in [4.69, 9.17) is 11.6 Å². The molecule has 0 radical (unpaired) electrons. The highest BCUT2D eigenvalue weighted by Crippen LogP contribution is 2.27. The molecule has 0 unspecified atom stereocenters. The van der Waals surface area contributed by atoms with Crippen LogP contribution in [0.25, 0.3) is 0 Å². The number of hydrogen-bond donors (Lipinski definition) is 0. The van der Waals surface area contributed by atoms with E-state index in [2.05, 4.69) is 22.0 Å². The van der Waals surface area contributed by atoms with E-state index in [-0.39, 0.29) is 11.8 Å². The van der Waals surface area contributed by atoms with E-state index in [1.165, 1.54) is 0 Å². The average Bonchev–Trinajstić information content (AvgIpc) is 2.95. The normalized spacial score (nSPS) is 18.0. The summed E-state index contributed by atoms with van der Waals surface area (Å²) in [6, 6.07) is 1.94. The van der Waals surface area contributed by atoms with Crippen LogP contribution < -0.4 is 0 Å². The zero-order chi connectivity index (χ0) is 17.1. The molecule has 0 spiro atoms. The highest BCUT2D eigenvalue weighted by atomic mass is 35.5. The molecule has 1 aliphatic heterocycles. The fourth-order valence-corrected chi connectivity index (χ4v) is 3.37. The van der Waals surface area contributed by atoms with Crippen LogP contribution in [0.3, 0.4) is 0 Å². The molecule has 1 fully saturated rings. The van der Waals surface area contributed by atoms with Crippen LogP contribution in [-0.4, -0.2) is 43.6 Å². The van der Waals surface area contributed by atoms with Gasteiger partial charge in [0.2, 0.25) is 0 Å². The molecular formula is C17H22ClN5O. The summed E-state index contributed by atoms with van der Waals surface area (Å²) < 4.78 is 1.74. The summed E-state index contributed by atoms with van der Waals surface area (Å²) in [5.41, 5.74) is 1.35. The molecule has 0 aliphatic carbocycles. The Morgan fingerprint density at radius 3 is 3.04 bits per heavy atom. The smallest absolute Gasteiger partial charge is 0.275 e. The third-order valence-electron chi connectivity index (χ3n) is 4.30. The van der Waals surface area contributed by atoms with Crippen molar-refractivity contribution in [1.82, 2.24) is 24.6 Å². The number of carbonyl (C=O) groups excluding carboxylic acids is 1. The highest BCUT2D eigenvalue weighted by molar-refractivity contribution is 6.33. The molecule has 7 heteroatoms. The van der Waals surface area contributed by atoms with Gasteiger partial charge in [-0.05, 0) is 32.3 Å². The van der Waals surface area contributed by atoms with Gasteiger partial charge in [-0.15, -0.1) is 0 Å². The summed E-state index contributed by atoms with van der Waals surface area (Å²) in [5.74, 6) is 0.906. The topological polar surface area (TPSA) is 63.9 Å². The summed E-state index contributed by atoms with van der Waals surface area (Å²) in [6.45, 7) is 6.09. The fourth-order valence-electron chi connectivity index (χ4n) is 3.14. The predicted octanol–water partition coefficient (Wildman–Crippen LogP) is 3.06. The van der Waals surface area contributed by atoms with Gasteiger partial charge < -0.3 is 4.90 Å². The first-order valence-corrected chi connectivity index (χ1v) is 8.78. The van der Waals surface area contributed by atoms with Crippen molar-refractivity contribution in [2.24, 2.45) is 0 Å². The first-order valence-electron chi connectivity index (χ1n) is 8.40. The SMILES string of the molecule is CCCn1cc(Cl)c(C(=O)N2CCC[C@H](c3ccnc(C)n3)C2)n1. The first kappa shape index (κ1) is 16.9. The molecule has 3 heterocycles. The van der Waals surface area contributed by atoms with E-state index in [9.17, 15) is 4.79 Å². The standard InChI is InChI=1S/C17H22ClN5O/c1-3-8-23-11-14(18)16(21-23)17(24)22-9-4-5-13(10-22)15-6-7-19-12(2)20-15/h6-7,11,13H,3-5,8-10H2,1-2H3/t13-/m0/s1. The van der Waals surface area contributed by atoms with Crippen molar-refractivity contribution in [2.75, 3.05) is 13.1 Å². The summed E-state index contributed by atoms with van der Waals surface area (Å²) in [4.78, 5) is 23.3. The molecule has 1 saturated heterocycles. The Hall–Kier alpha value is -1.95. The lowest BCUT2D eigenvalue weighted by atomic mass is 9.94. The van der Waals surface area contributed by atoms with E-state index in [0.717, 1.165) is 43.9 Å². The number of likely N-dealkylation sites (tertiary alicyclic amines) is 1. The van der Waals surface area contributed by atoms with Crippen LogP contribution in [0.5, 0.6) is 0 Å². The van der Waals surface area contributed by atoms with Gasteiger partial charge in [0.05, 0.1) is 5.02 Å². The molecular weight excluding hydrogens is 326 g/mol. The molecule has 6 nitrogen and oxygen atoms in total. The van der Waals surface area contributed by atoms with E-state index < -0.39 is 0 Å². The van der Waals surface area contributed by atoms with Crippen molar-refractivity contribution in [3.05, 3.63) is 40.7 Å². The van der Waals surface area contributed by atoms with Crippen LogP contribution in [0.1, 0.15) is 54.1 Å². The minimum Gasteiger partial charge on any atom is -0.337 e. The molecule has 1 amide bonds. The molecule has 2 aromatic rings. The van der Waals surface area contributed by atoms with Gasteiger partial charge in [0.1, 0.15) is 5.82 Å². The minimum absolute atomic E-state index is 0.0923. The quantitative estimate of drug-likeness (QED) is 0.852. The summed E-state index contributed by atoms with van der Waals surface area (Å²) >= 11 is 6.22. The van der Waals surface area contributed by atoms with Crippen molar-refractivity contribution >= 4 is 17.5 Å². The van der Waals surface area contributed by atoms with Crippen LogP contribution in [0.15, 0.2) is 18.5 Å². The third kappa shape index (κ3) is 3.59. The number of aryl methyl sites for hydroxylation is 2. The highest BCUT2D eigenvalue weighted by Gasteiger charge is 2.29. The van der Waals surface area contributed by atoms with E-state index >= 15 is 0 Å². The van der Waals surface area contributed by atoms with E-state index in [1.54, 1.807) is 17.1 Å². The van der Waals surface area contributed by atoms with E-state index in [1.807, 2.05) is 17.9 Å². The van der Waals surface area contributed by atoms with Crippen LogP contribution in [-0.2, 0) is 6.54 Å². The van der Waals surface area contributed by atoms with Crippen molar-refractivity contribution in [1.29, 1.82) is 0 Å². The number of nitrogens with zero attached hydrogens (tertiary/aromatic N) is 5.